The van der Waals surface area contributed by atoms with E-state index in [1.54, 1.807) is 18.2 Å². The Labute approximate surface area is 119 Å². The average molecular weight is 304 g/mol. The number of alkyl halides is 3. The number of nitrogens with one attached hydrogen (secondary N) is 1. The van der Waals surface area contributed by atoms with Crippen molar-refractivity contribution in [2.45, 2.75) is 12.6 Å². The Balaban J connectivity index is 2.31. The standard InChI is InChI=1S/C13H15F3N2O3/c1-21-10-4-2-3-9(18-10)5-8-6-17-7-12(8,11(19)20)13(14,15)16/h2-4,8,17H,5-7H2,1H3,(H,19,20). The Bertz CT molecular complexity index is 536. The maximum absolute atomic E-state index is 13.3. The molecule has 0 aliphatic carbocycles. The molecule has 2 unspecified atom stereocenters. The number of hydrogen-bond donors (Lipinski definition) is 2. The number of halogens is 3. The minimum atomic E-state index is -4.83. The summed E-state index contributed by atoms with van der Waals surface area (Å²) in [6.07, 6.45) is -4.91. The lowest BCUT2D eigenvalue weighted by Crippen LogP contribution is -2.51. The van der Waals surface area contributed by atoms with Gasteiger partial charge in [-0.25, -0.2) is 4.98 Å². The number of carbonyl (C=O) groups is 1. The van der Waals surface area contributed by atoms with Crippen LogP contribution in [0.3, 0.4) is 0 Å². The number of methoxy groups -OCH3 is 1. The van der Waals surface area contributed by atoms with Gasteiger partial charge in [0.05, 0.1) is 7.11 Å². The Kier molecular flexibility index (Phi) is 4.08. The first-order valence-electron chi connectivity index (χ1n) is 6.32. The zero-order chi connectivity index (χ0) is 15.7. The van der Waals surface area contributed by atoms with Crippen molar-refractivity contribution in [2.24, 2.45) is 11.3 Å². The molecule has 0 saturated carbocycles. The van der Waals surface area contributed by atoms with Crippen LogP contribution in [0.25, 0.3) is 0 Å². The topological polar surface area (TPSA) is 71.5 Å². The fourth-order valence-electron chi connectivity index (χ4n) is 2.65. The van der Waals surface area contributed by atoms with Crippen molar-refractivity contribution in [1.82, 2.24) is 10.3 Å². The Hall–Kier alpha value is -1.83. The van der Waals surface area contributed by atoms with E-state index in [9.17, 15) is 18.0 Å². The van der Waals surface area contributed by atoms with Gasteiger partial charge in [0.2, 0.25) is 5.88 Å². The first-order valence-corrected chi connectivity index (χ1v) is 6.32. The number of hydrogen-bond acceptors (Lipinski definition) is 4. The van der Waals surface area contributed by atoms with Crippen molar-refractivity contribution < 1.29 is 27.8 Å². The molecular weight excluding hydrogens is 289 g/mol. The van der Waals surface area contributed by atoms with E-state index in [1.807, 2.05) is 0 Å². The first kappa shape index (κ1) is 15.6. The van der Waals surface area contributed by atoms with Crippen LogP contribution in [-0.4, -0.2) is 42.4 Å². The van der Waals surface area contributed by atoms with Crippen LogP contribution >= 0.6 is 0 Å². The third-order valence-corrected chi connectivity index (χ3v) is 3.82. The Morgan fingerprint density at radius 3 is 2.86 bits per heavy atom. The molecule has 1 aromatic rings. The van der Waals surface area contributed by atoms with Crippen LogP contribution in [0.2, 0.25) is 0 Å². The van der Waals surface area contributed by atoms with Crippen LogP contribution in [0.15, 0.2) is 18.2 Å². The van der Waals surface area contributed by atoms with Crippen LogP contribution < -0.4 is 10.1 Å². The molecule has 0 spiro atoms. The summed E-state index contributed by atoms with van der Waals surface area (Å²) in [7, 11) is 1.40. The second kappa shape index (κ2) is 5.51. The molecule has 2 atom stereocenters. The smallest absolute Gasteiger partial charge is 0.406 e. The molecular formula is C13H15F3N2O3. The molecule has 8 heteroatoms. The first-order chi connectivity index (χ1) is 9.81. The summed E-state index contributed by atoms with van der Waals surface area (Å²) in [5.41, 5.74) is -2.41. The predicted octanol–water partition coefficient (Wildman–Crippen LogP) is 1.49. The van der Waals surface area contributed by atoms with Crippen LogP contribution in [-0.2, 0) is 11.2 Å². The minimum Gasteiger partial charge on any atom is -0.481 e. The van der Waals surface area contributed by atoms with Gasteiger partial charge in [0.15, 0.2) is 5.41 Å². The van der Waals surface area contributed by atoms with Crippen LogP contribution in [0, 0.1) is 11.3 Å². The molecule has 0 radical (unpaired) electrons. The van der Waals surface area contributed by atoms with E-state index >= 15 is 0 Å². The average Bonchev–Trinajstić information content (AvgIpc) is 2.83. The van der Waals surface area contributed by atoms with E-state index in [1.165, 1.54) is 7.11 Å². The van der Waals surface area contributed by atoms with Gasteiger partial charge in [-0.15, -0.1) is 0 Å². The summed E-state index contributed by atoms with van der Waals surface area (Å²) in [6, 6.07) is 4.74. The lowest BCUT2D eigenvalue weighted by Gasteiger charge is -2.32. The number of carboxylic acid groups (broad SMARTS) is 1. The third kappa shape index (κ3) is 2.67. The molecule has 0 bridgehead atoms. The van der Waals surface area contributed by atoms with Gasteiger partial charge in [-0.2, -0.15) is 13.2 Å². The lowest BCUT2D eigenvalue weighted by molar-refractivity contribution is -0.236. The Morgan fingerprint density at radius 1 is 1.57 bits per heavy atom. The number of aromatic nitrogens is 1. The molecule has 1 saturated heterocycles. The molecule has 1 fully saturated rings. The van der Waals surface area contributed by atoms with Crippen molar-refractivity contribution in [3.8, 4) is 5.88 Å². The molecule has 0 amide bonds. The van der Waals surface area contributed by atoms with Crippen LogP contribution in [0.5, 0.6) is 5.88 Å². The molecule has 1 aliphatic heterocycles. The fourth-order valence-corrected chi connectivity index (χ4v) is 2.65. The van der Waals surface area contributed by atoms with Gasteiger partial charge in [-0.3, -0.25) is 4.79 Å². The summed E-state index contributed by atoms with van der Waals surface area (Å²) in [5, 5.41) is 11.7. The molecule has 2 rings (SSSR count). The van der Waals surface area contributed by atoms with Gasteiger partial charge in [-0.1, -0.05) is 6.07 Å². The zero-order valence-electron chi connectivity index (χ0n) is 11.3. The van der Waals surface area contributed by atoms with E-state index in [0.717, 1.165) is 0 Å². The number of pyridine rings is 1. The van der Waals surface area contributed by atoms with Crippen molar-refractivity contribution >= 4 is 5.97 Å². The SMILES string of the molecule is COc1cccc(CC2CNCC2(C(=O)O)C(F)(F)F)n1. The van der Waals surface area contributed by atoms with Crippen molar-refractivity contribution in [1.29, 1.82) is 0 Å². The highest BCUT2D eigenvalue weighted by atomic mass is 19.4. The maximum atomic E-state index is 13.3. The van der Waals surface area contributed by atoms with Gasteiger partial charge >= 0.3 is 12.1 Å². The molecule has 2 heterocycles. The summed E-state index contributed by atoms with van der Waals surface area (Å²) >= 11 is 0. The largest absolute Gasteiger partial charge is 0.481 e. The van der Waals surface area contributed by atoms with Gasteiger partial charge in [0.25, 0.3) is 0 Å². The molecule has 116 valence electrons. The zero-order valence-corrected chi connectivity index (χ0v) is 11.3. The maximum Gasteiger partial charge on any atom is 0.406 e. The number of rotatable bonds is 4. The molecule has 1 aromatic heterocycles. The molecule has 21 heavy (non-hydrogen) atoms. The number of carboxylic acids is 1. The number of ether oxygens (including phenoxy) is 1. The highest BCUT2D eigenvalue weighted by molar-refractivity contribution is 5.77. The van der Waals surface area contributed by atoms with Crippen molar-refractivity contribution in [3.63, 3.8) is 0 Å². The number of aliphatic carboxylic acids is 1. The summed E-state index contributed by atoms with van der Waals surface area (Å²) < 4.78 is 44.8. The van der Waals surface area contributed by atoms with Crippen molar-refractivity contribution in [3.05, 3.63) is 23.9 Å². The van der Waals surface area contributed by atoms with Gasteiger partial charge in [0.1, 0.15) is 0 Å². The third-order valence-electron chi connectivity index (χ3n) is 3.82. The minimum absolute atomic E-state index is 0.0231. The summed E-state index contributed by atoms with van der Waals surface area (Å²) in [6.45, 7) is -0.648. The second-order valence-corrected chi connectivity index (χ2v) is 4.98. The van der Waals surface area contributed by atoms with E-state index in [4.69, 9.17) is 9.84 Å². The van der Waals surface area contributed by atoms with E-state index in [0.29, 0.717) is 5.69 Å². The molecule has 1 aliphatic rings. The van der Waals surface area contributed by atoms with E-state index in [2.05, 4.69) is 10.3 Å². The van der Waals surface area contributed by atoms with Crippen LogP contribution in [0.1, 0.15) is 5.69 Å². The normalized spacial score (nSPS) is 25.8. The van der Waals surface area contributed by atoms with Gasteiger partial charge < -0.3 is 15.2 Å². The second-order valence-electron chi connectivity index (χ2n) is 4.98. The van der Waals surface area contributed by atoms with Crippen molar-refractivity contribution in [2.75, 3.05) is 20.2 Å². The highest BCUT2D eigenvalue weighted by Gasteiger charge is 2.66. The molecule has 2 N–H and O–H groups in total. The summed E-state index contributed by atoms with van der Waals surface area (Å²) in [4.78, 5) is 15.3. The molecule has 0 aromatic carbocycles. The van der Waals surface area contributed by atoms with Gasteiger partial charge in [-0.05, 0) is 19.0 Å². The number of nitrogens with zero attached hydrogens (tertiary/aromatic N) is 1. The van der Waals surface area contributed by atoms with E-state index in [-0.39, 0.29) is 18.8 Å². The Morgan fingerprint density at radius 2 is 2.29 bits per heavy atom. The van der Waals surface area contributed by atoms with Crippen LogP contribution in [0.4, 0.5) is 13.2 Å². The van der Waals surface area contributed by atoms with E-state index < -0.39 is 30.0 Å². The monoisotopic (exact) mass is 304 g/mol. The lowest BCUT2D eigenvalue weighted by atomic mass is 9.75. The molecule has 5 nitrogen and oxygen atoms in total. The quantitative estimate of drug-likeness (QED) is 0.882. The summed E-state index contributed by atoms with van der Waals surface area (Å²) in [5.74, 6) is -2.69. The predicted molar refractivity (Wildman–Crippen MR) is 67.0 cm³/mol. The van der Waals surface area contributed by atoms with Gasteiger partial charge in [0, 0.05) is 24.2 Å². The highest BCUT2D eigenvalue weighted by Crippen LogP contribution is 2.47. The fraction of sp³-hybridized carbons (Fsp3) is 0.538.